The number of carbonyl (C=O) groups is 1. The summed E-state index contributed by atoms with van der Waals surface area (Å²) in [6.45, 7) is 3.36. The van der Waals surface area contributed by atoms with Gasteiger partial charge in [-0.1, -0.05) is 0 Å². The molecule has 1 N–H and O–H groups in total. The van der Waals surface area contributed by atoms with Crippen LogP contribution in [0.25, 0.3) is 5.82 Å². The molecule has 98 valence electrons. The van der Waals surface area contributed by atoms with Crippen molar-refractivity contribution in [1.29, 1.82) is 0 Å². The molecule has 2 aromatic rings. The van der Waals surface area contributed by atoms with Gasteiger partial charge in [-0.2, -0.15) is 0 Å². The summed E-state index contributed by atoms with van der Waals surface area (Å²) in [5.41, 5.74) is 1.15. The molecule has 0 aliphatic carbocycles. The van der Waals surface area contributed by atoms with Gasteiger partial charge >= 0.3 is 11.8 Å². The van der Waals surface area contributed by atoms with Crippen LogP contribution in [0.1, 0.15) is 21.6 Å². The number of aryl methyl sites for hydroxylation is 2. The number of pyridine rings is 1. The molecule has 0 amide bonds. The zero-order valence-electron chi connectivity index (χ0n) is 10.2. The Hall–Kier alpha value is -2.77. The Balaban J connectivity index is 2.66. The highest BCUT2D eigenvalue weighted by atomic mass is 16.6. The number of rotatable bonds is 3. The lowest BCUT2D eigenvalue weighted by Gasteiger charge is -2.08. The van der Waals surface area contributed by atoms with Gasteiger partial charge in [0.15, 0.2) is 5.82 Å². The van der Waals surface area contributed by atoms with Gasteiger partial charge in [0, 0.05) is 5.69 Å². The third-order valence-electron chi connectivity index (χ3n) is 2.54. The summed E-state index contributed by atoms with van der Waals surface area (Å²) in [5, 5.41) is 19.8. The zero-order chi connectivity index (χ0) is 14.2. The standard InChI is InChI=1S/C11H10N4O4/c1-6-3-7(2)13-10(9(6)11(16)17)14-4-8(12-5-14)15(18)19/h3-5H,1-2H3,(H,16,17). The zero-order valence-corrected chi connectivity index (χ0v) is 10.2. The summed E-state index contributed by atoms with van der Waals surface area (Å²) in [4.78, 5) is 28.9. The van der Waals surface area contributed by atoms with Crippen molar-refractivity contribution in [3.05, 3.63) is 45.5 Å². The molecule has 0 aliphatic heterocycles. The molecule has 0 radical (unpaired) electrons. The Morgan fingerprint density at radius 3 is 2.68 bits per heavy atom. The molecule has 0 bridgehead atoms. The minimum atomic E-state index is -1.14. The number of nitro groups is 1. The van der Waals surface area contributed by atoms with Crippen molar-refractivity contribution in [3.8, 4) is 5.82 Å². The molecule has 0 unspecified atom stereocenters. The average molecular weight is 262 g/mol. The molecule has 8 heteroatoms. The summed E-state index contributed by atoms with van der Waals surface area (Å²) in [5.74, 6) is -1.39. The van der Waals surface area contributed by atoms with Gasteiger partial charge in [0.2, 0.25) is 6.33 Å². The van der Waals surface area contributed by atoms with Gasteiger partial charge in [-0.25, -0.2) is 9.78 Å². The molecular formula is C11H10N4O4. The maximum absolute atomic E-state index is 11.3. The number of nitrogens with zero attached hydrogens (tertiary/aromatic N) is 4. The van der Waals surface area contributed by atoms with Gasteiger partial charge in [-0.3, -0.25) is 4.57 Å². The second-order valence-corrected chi connectivity index (χ2v) is 3.98. The predicted octanol–water partition coefficient (Wildman–Crippen LogP) is 1.49. The van der Waals surface area contributed by atoms with E-state index >= 15 is 0 Å². The van der Waals surface area contributed by atoms with E-state index < -0.39 is 10.9 Å². The van der Waals surface area contributed by atoms with E-state index in [4.69, 9.17) is 0 Å². The topological polar surface area (TPSA) is 111 Å². The van der Waals surface area contributed by atoms with Crippen LogP contribution in [0.4, 0.5) is 5.82 Å². The number of imidazole rings is 1. The molecular weight excluding hydrogens is 252 g/mol. The van der Waals surface area contributed by atoms with Crippen LogP contribution in [0.2, 0.25) is 0 Å². The molecule has 0 aliphatic rings. The number of hydrogen-bond donors (Lipinski definition) is 1. The van der Waals surface area contributed by atoms with Crippen LogP contribution in [0.15, 0.2) is 18.6 Å². The van der Waals surface area contributed by atoms with Crippen LogP contribution < -0.4 is 0 Å². The fourth-order valence-corrected chi connectivity index (χ4v) is 1.79. The molecule has 0 aromatic carbocycles. The first-order valence-electron chi connectivity index (χ1n) is 5.30. The lowest BCUT2D eigenvalue weighted by atomic mass is 10.1. The first-order chi connectivity index (χ1) is 8.90. The maximum atomic E-state index is 11.3. The molecule has 2 aromatic heterocycles. The van der Waals surface area contributed by atoms with E-state index in [1.54, 1.807) is 19.9 Å². The van der Waals surface area contributed by atoms with Crippen LogP contribution in [0.5, 0.6) is 0 Å². The van der Waals surface area contributed by atoms with Gasteiger partial charge < -0.3 is 15.2 Å². The Kier molecular flexibility index (Phi) is 2.99. The van der Waals surface area contributed by atoms with Crippen molar-refractivity contribution < 1.29 is 14.8 Å². The summed E-state index contributed by atoms with van der Waals surface area (Å²) in [7, 11) is 0. The molecule has 0 saturated heterocycles. The van der Waals surface area contributed by atoms with E-state index in [1.807, 2.05) is 0 Å². The Labute approximate surface area is 107 Å². The van der Waals surface area contributed by atoms with Gasteiger partial charge in [-0.15, -0.1) is 0 Å². The molecule has 0 fully saturated rings. The van der Waals surface area contributed by atoms with Gasteiger partial charge in [0.05, 0.1) is 0 Å². The normalized spacial score (nSPS) is 10.4. The van der Waals surface area contributed by atoms with Crippen LogP contribution in [-0.4, -0.2) is 30.5 Å². The monoisotopic (exact) mass is 262 g/mol. The third-order valence-corrected chi connectivity index (χ3v) is 2.54. The van der Waals surface area contributed by atoms with E-state index in [-0.39, 0.29) is 17.2 Å². The van der Waals surface area contributed by atoms with Gasteiger partial charge in [0.25, 0.3) is 0 Å². The van der Waals surface area contributed by atoms with Crippen molar-refractivity contribution in [2.45, 2.75) is 13.8 Å². The number of aromatic nitrogens is 3. The molecule has 2 heterocycles. The van der Waals surface area contributed by atoms with E-state index in [0.29, 0.717) is 11.3 Å². The lowest BCUT2D eigenvalue weighted by molar-refractivity contribution is -0.389. The van der Waals surface area contributed by atoms with Crippen LogP contribution >= 0.6 is 0 Å². The number of hydrogen-bond acceptors (Lipinski definition) is 5. The van der Waals surface area contributed by atoms with Crippen molar-refractivity contribution >= 4 is 11.8 Å². The SMILES string of the molecule is Cc1cc(C)c(C(=O)O)c(-n2cnc([N+](=O)[O-])c2)n1. The van der Waals surface area contributed by atoms with E-state index in [0.717, 1.165) is 6.20 Å². The highest BCUT2D eigenvalue weighted by Gasteiger charge is 2.20. The van der Waals surface area contributed by atoms with E-state index in [1.165, 1.54) is 10.9 Å². The van der Waals surface area contributed by atoms with E-state index in [2.05, 4.69) is 9.97 Å². The summed E-state index contributed by atoms with van der Waals surface area (Å²) < 4.78 is 1.24. The van der Waals surface area contributed by atoms with E-state index in [9.17, 15) is 20.0 Å². The number of carboxylic acid groups (broad SMARTS) is 1. The second kappa shape index (κ2) is 4.48. The van der Waals surface area contributed by atoms with Crippen LogP contribution in [-0.2, 0) is 0 Å². The average Bonchev–Trinajstić information content (AvgIpc) is 2.76. The Morgan fingerprint density at radius 2 is 2.16 bits per heavy atom. The predicted molar refractivity (Wildman–Crippen MR) is 64.4 cm³/mol. The van der Waals surface area contributed by atoms with Crippen molar-refractivity contribution in [3.63, 3.8) is 0 Å². The molecule has 0 spiro atoms. The number of aromatic carboxylic acids is 1. The fourth-order valence-electron chi connectivity index (χ4n) is 1.79. The lowest BCUT2D eigenvalue weighted by Crippen LogP contribution is -2.10. The minimum Gasteiger partial charge on any atom is -0.478 e. The third kappa shape index (κ3) is 2.28. The quantitative estimate of drug-likeness (QED) is 0.662. The molecule has 8 nitrogen and oxygen atoms in total. The van der Waals surface area contributed by atoms with Crippen molar-refractivity contribution in [2.75, 3.05) is 0 Å². The fraction of sp³-hybridized carbons (Fsp3) is 0.182. The summed E-state index contributed by atoms with van der Waals surface area (Å²) >= 11 is 0. The molecule has 19 heavy (non-hydrogen) atoms. The molecule has 0 atom stereocenters. The Morgan fingerprint density at radius 1 is 1.47 bits per heavy atom. The highest BCUT2D eigenvalue weighted by Crippen LogP contribution is 2.19. The largest absolute Gasteiger partial charge is 0.478 e. The second-order valence-electron chi connectivity index (χ2n) is 3.98. The first-order valence-corrected chi connectivity index (χ1v) is 5.30. The van der Waals surface area contributed by atoms with Crippen LogP contribution in [0.3, 0.4) is 0 Å². The summed E-state index contributed by atoms with van der Waals surface area (Å²) in [6.07, 6.45) is 2.30. The maximum Gasteiger partial charge on any atom is 0.381 e. The number of carboxylic acids is 1. The molecule has 2 rings (SSSR count). The smallest absolute Gasteiger partial charge is 0.381 e. The first kappa shape index (κ1) is 12.7. The van der Waals surface area contributed by atoms with Crippen molar-refractivity contribution in [2.24, 2.45) is 0 Å². The molecule has 0 saturated carbocycles. The summed E-state index contributed by atoms with van der Waals surface area (Å²) in [6, 6.07) is 1.64. The minimum absolute atomic E-state index is 0.00195. The highest BCUT2D eigenvalue weighted by molar-refractivity contribution is 5.92. The van der Waals surface area contributed by atoms with Crippen molar-refractivity contribution in [1.82, 2.24) is 14.5 Å². The Bertz CT molecular complexity index is 677. The van der Waals surface area contributed by atoms with Gasteiger partial charge in [0.1, 0.15) is 11.8 Å². The van der Waals surface area contributed by atoms with Gasteiger partial charge in [-0.05, 0) is 35.4 Å². The van der Waals surface area contributed by atoms with Crippen LogP contribution in [0, 0.1) is 24.0 Å².